The number of ether oxygens (including phenoxy) is 1. The molecule has 0 fully saturated rings. The molecule has 0 aliphatic carbocycles. The Hall–Kier alpha value is -2.04. The molecule has 1 aromatic carbocycles. The van der Waals surface area contributed by atoms with Gasteiger partial charge in [0.1, 0.15) is 17.4 Å². The number of anilines is 1. The van der Waals surface area contributed by atoms with E-state index < -0.39 is 0 Å². The van der Waals surface area contributed by atoms with E-state index in [1.165, 1.54) is 19.4 Å². The number of nitrogens with zero attached hydrogens (tertiary/aromatic N) is 1. The summed E-state index contributed by atoms with van der Waals surface area (Å²) in [7, 11) is 1.48. The van der Waals surface area contributed by atoms with Crippen LogP contribution in [-0.2, 0) is 0 Å². The molecule has 0 spiro atoms. The maximum Gasteiger partial charge on any atom is 0.134 e. The molecule has 78 valence electrons. The van der Waals surface area contributed by atoms with Crippen molar-refractivity contribution in [2.45, 2.75) is 0 Å². The fourth-order valence-corrected chi connectivity index (χ4v) is 1.43. The molecule has 3 N–H and O–H groups in total. The molecular weight excluding hydrogens is 197 g/mol. The molecule has 0 saturated carbocycles. The Labute approximate surface area is 85.9 Å². The number of rotatable bonds is 2. The number of nitrogens with one attached hydrogen (secondary N) is 1. The predicted molar refractivity (Wildman–Crippen MR) is 54.9 cm³/mol. The van der Waals surface area contributed by atoms with E-state index in [1.54, 1.807) is 12.1 Å². The lowest BCUT2D eigenvalue weighted by molar-refractivity contribution is 0.413. The number of methoxy groups -OCH3 is 1. The number of aromatic nitrogens is 2. The molecule has 1 heterocycles. The monoisotopic (exact) mass is 207 g/mol. The van der Waals surface area contributed by atoms with Gasteiger partial charge in [0.15, 0.2) is 0 Å². The highest BCUT2D eigenvalue weighted by molar-refractivity contribution is 5.78. The Balaban J connectivity index is 2.66. The molecule has 0 aliphatic rings. The number of nitrogen functional groups attached to an aromatic ring is 1. The van der Waals surface area contributed by atoms with Gasteiger partial charge in [-0.25, -0.2) is 4.39 Å². The standard InChI is InChI=1S/C10H10FN3O/c1-15-8-4-2-3-7(11)9(8)6-5-13-14-10(6)12/h2-5H,1H3,(H3,12,13,14). The summed E-state index contributed by atoms with van der Waals surface area (Å²) in [6.45, 7) is 0. The van der Waals surface area contributed by atoms with Crippen molar-refractivity contribution in [3.8, 4) is 16.9 Å². The minimum Gasteiger partial charge on any atom is -0.496 e. The zero-order valence-corrected chi connectivity index (χ0v) is 8.12. The predicted octanol–water partition coefficient (Wildman–Crippen LogP) is 1.81. The zero-order valence-electron chi connectivity index (χ0n) is 8.12. The molecular formula is C10H10FN3O. The minimum atomic E-state index is -0.387. The van der Waals surface area contributed by atoms with Gasteiger partial charge >= 0.3 is 0 Å². The minimum absolute atomic E-state index is 0.318. The Kier molecular flexibility index (Phi) is 2.29. The summed E-state index contributed by atoms with van der Waals surface area (Å²) in [6, 6.07) is 4.60. The normalized spacial score (nSPS) is 10.3. The van der Waals surface area contributed by atoms with Crippen LogP contribution in [0.15, 0.2) is 24.4 Å². The van der Waals surface area contributed by atoms with Gasteiger partial charge in [-0.2, -0.15) is 5.10 Å². The Morgan fingerprint density at radius 1 is 1.47 bits per heavy atom. The first-order valence-electron chi connectivity index (χ1n) is 4.35. The Morgan fingerprint density at radius 2 is 2.27 bits per heavy atom. The number of benzene rings is 1. The van der Waals surface area contributed by atoms with Crippen molar-refractivity contribution in [3.63, 3.8) is 0 Å². The largest absolute Gasteiger partial charge is 0.496 e. The van der Waals surface area contributed by atoms with Gasteiger partial charge in [0.2, 0.25) is 0 Å². The van der Waals surface area contributed by atoms with Gasteiger partial charge in [-0.1, -0.05) is 6.07 Å². The van der Waals surface area contributed by atoms with Crippen molar-refractivity contribution in [1.29, 1.82) is 0 Å². The van der Waals surface area contributed by atoms with Gasteiger partial charge in [0, 0.05) is 0 Å². The first kappa shape index (κ1) is 9.51. The number of H-pyrrole nitrogens is 1. The van der Waals surface area contributed by atoms with Crippen LogP contribution in [0.2, 0.25) is 0 Å². The van der Waals surface area contributed by atoms with E-state index >= 15 is 0 Å². The van der Waals surface area contributed by atoms with Gasteiger partial charge in [-0.15, -0.1) is 0 Å². The number of nitrogens with two attached hydrogens (primary N) is 1. The van der Waals surface area contributed by atoms with Crippen LogP contribution in [0.3, 0.4) is 0 Å². The van der Waals surface area contributed by atoms with E-state index in [0.717, 1.165) is 0 Å². The SMILES string of the molecule is COc1cccc(F)c1-c1cn[nH]c1N. The smallest absolute Gasteiger partial charge is 0.134 e. The van der Waals surface area contributed by atoms with Crippen molar-refractivity contribution in [1.82, 2.24) is 10.2 Å². The molecule has 2 rings (SSSR count). The molecule has 0 atom stereocenters. The second-order valence-corrected chi connectivity index (χ2v) is 3.01. The number of aromatic amines is 1. The zero-order chi connectivity index (χ0) is 10.8. The molecule has 0 saturated heterocycles. The topological polar surface area (TPSA) is 63.9 Å². The van der Waals surface area contributed by atoms with Crippen LogP contribution in [-0.4, -0.2) is 17.3 Å². The Morgan fingerprint density at radius 3 is 2.87 bits per heavy atom. The third-order valence-electron chi connectivity index (χ3n) is 2.13. The van der Waals surface area contributed by atoms with Crippen LogP contribution in [0.1, 0.15) is 0 Å². The van der Waals surface area contributed by atoms with E-state index in [2.05, 4.69) is 10.2 Å². The highest BCUT2D eigenvalue weighted by Gasteiger charge is 2.15. The first-order chi connectivity index (χ1) is 7.24. The fraction of sp³-hybridized carbons (Fsp3) is 0.100. The van der Waals surface area contributed by atoms with Crippen LogP contribution < -0.4 is 10.5 Å². The van der Waals surface area contributed by atoms with Crippen molar-refractivity contribution in [2.24, 2.45) is 0 Å². The summed E-state index contributed by atoms with van der Waals surface area (Å²) in [6.07, 6.45) is 1.47. The van der Waals surface area contributed by atoms with Crippen LogP contribution in [0.25, 0.3) is 11.1 Å². The molecule has 0 aliphatic heterocycles. The van der Waals surface area contributed by atoms with Gasteiger partial charge in [-0.05, 0) is 12.1 Å². The van der Waals surface area contributed by atoms with Gasteiger partial charge in [0.05, 0.1) is 24.4 Å². The molecule has 1 aromatic heterocycles. The van der Waals surface area contributed by atoms with E-state index in [-0.39, 0.29) is 5.82 Å². The average Bonchev–Trinajstić information content (AvgIpc) is 2.64. The quantitative estimate of drug-likeness (QED) is 0.789. The average molecular weight is 207 g/mol. The number of hydrogen-bond acceptors (Lipinski definition) is 3. The summed E-state index contributed by atoms with van der Waals surface area (Å²) in [5.41, 5.74) is 6.45. The number of hydrogen-bond donors (Lipinski definition) is 2. The van der Waals surface area contributed by atoms with E-state index in [4.69, 9.17) is 10.5 Å². The molecule has 4 nitrogen and oxygen atoms in total. The lowest BCUT2D eigenvalue weighted by atomic mass is 10.1. The maximum absolute atomic E-state index is 13.6. The number of halogens is 1. The lowest BCUT2D eigenvalue weighted by Crippen LogP contribution is -1.94. The Bertz CT molecular complexity index is 481. The molecule has 0 unspecified atom stereocenters. The van der Waals surface area contributed by atoms with E-state index in [9.17, 15) is 4.39 Å². The summed E-state index contributed by atoms with van der Waals surface area (Å²) in [4.78, 5) is 0. The highest BCUT2D eigenvalue weighted by atomic mass is 19.1. The molecule has 15 heavy (non-hydrogen) atoms. The second-order valence-electron chi connectivity index (χ2n) is 3.01. The van der Waals surface area contributed by atoms with Crippen molar-refractivity contribution in [2.75, 3.05) is 12.8 Å². The molecule has 5 heteroatoms. The van der Waals surface area contributed by atoms with Crippen molar-refractivity contribution in [3.05, 3.63) is 30.2 Å². The third kappa shape index (κ3) is 1.52. The first-order valence-corrected chi connectivity index (χ1v) is 4.35. The van der Waals surface area contributed by atoms with Crippen LogP contribution >= 0.6 is 0 Å². The summed E-state index contributed by atoms with van der Waals surface area (Å²) >= 11 is 0. The summed E-state index contributed by atoms with van der Waals surface area (Å²) in [5.74, 6) is 0.365. The second kappa shape index (κ2) is 3.61. The molecule has 0 bridgehead atoms. The van der Waals surface area contributed by atoms with Crippen LogP contribution in [0.4, 0.5) is 10.2 Å². The molecule has 0 amide bonds. The van der Waals surface area contributed by atoms with E-state index in [1.807, 2.05) is 0 Å². The summed E-state index contributed by atoms with van der Waals surface area (Å²) < 4.78 is 18.7. The van der Waals surface area contributed by atoms with Gasteiger partial charge in [0.25, 0.3) is 0 Å². The summed E-state index contributed by atoms with van der Waals surface area (Å²) in [5, 5.41) is 6.29. The van der Waals surface area contributed by atoms with Gasteiger partial charge in [-0.3, -0.25) is 5.10 Å². The fourth-order valence-electron chi connectivity index (χ4n) is 1.43. The maximum atomic E-state index is 13.6. The van der Waals surface area contributed by atoms with E-state index in [0.29, 0.717) is 22.7 Å². The van der Waals surface area contributed by atoms with Gasteiger partial charge < -0.3 is 10.5 Å². The lowest BCUT2D eigenvalue weighted by Gasteiger charge is -2.07. The third-order valence-corrected chi connectivity index (χ3v) is 2.13. The van der Waals surface area contributed by atoms with Crippen molar-refractivity contribution >= 4 is 5.82 Å². The molecule has 2 aromatic rings. The van der Waals surface area contributed by atoms with Crippen LogP contribution in [0, 0.1) is 5.82 Å². The highest BCUT2D eigenvalue weighted by Crippen LogP contribution is 2.34. The molecule has 0 radical (unpaired) electrons. The van der Waals surface area contributed by atoms with Crippen LogP contribution in [0.5, 0.6) is 5.75 Å². The van der Waals surface area contributed by atoms with Crippen molar-refractivity contribution < 1.29 is 9.13 Å².